The Kier molecular flexibility index (Phi) is 4.31. The standard InChI is InChI=1S/C12H24N2O3S/c13-7-3-9-18(16,17)14-8-6-12(15)5-2-1-4-11(12)10-14/h11,15H,1-10,13H2. The summed E-state index contributed by atoms with van der Waals surface area (Å²) in [5.41, 5.74) is 4.76. The first kappa shape index (κ1) is 14.2. The Balaban J connectivity index is 2.02. The van der Waals surface area contributed by atoms with Crippen LogP contribution in [0.5, 0.6) is 0 Å². The molecule has 0 radical (unpaired) electrons. The van der Waals surface area contributed by atoms with E-state index in [1.807, 2.05) is 0 Å². The van der Waals surface area contributed by atoms with Crippen molar-refractivity contribution in [1.29, 1.82) is 0 Å². The molecule has 18 heavy (non-hydrogen) atoms. The van der Waals surface area contributed by atoms with Crippen LogP contribution in [0.15, 0.2) is 0 Å². The average molecular weight is 276 g/mol. The second-order valence-corrected chi connectivity index (χ2v) is 7.70. The van der Waals surface area contributed by atoms with Crippen molar-refractivity contribution in [2.24, 2.45) is 11.7 Å². The maximum atomic E-state index is 12.1. The van der Waals surface area contributed by atoms with Crippen LogP contribution in [0.25, 0.3) is 0 Å². The summed E-state index contributed by atoms with van der Waals surface area (Å²) in [6, 6.07) is 0. The second kappa shape index (κ2) is 5.45. The molecule has 106 valence electrons. The van der Waals surface area contributed by atoms with Gasteiger partial charge in [-0.3, -0.25) is 0 Å². The van der Waals surface area contributed by atoms with Gasteiger partial charge in [-0.15, -0.1) is 0 Å². The van der Waals surface area contributed by atoms with Crippen LogP contribution in [0.3, 0.4) is 0 Å². The lowest BCUT2D eigenvalue weighted by atomic mass is 9.72. The number of aliphatic hydroxyl groups is 1. The Hall–Kier alpha value is -0.170. The van der Waals surface area contributed by atoms with Gasteiger partial charge in [-0.05, 0) is 32.2 Å². The van der Waals surface area contributed by atoms with Crippen molar-refractivity contribution in [3.05, 3.63) is 0 Å². The van der Waals surface area contributed by atoms with Crippen molar-refractivity contribution in [3.8, 4) is 0 Å². The zero-order valence-electron chi connectivity index (χ0n) is 10.8. The minimum absolute atomic E-state index is 0.118. The van der Waals surface area contributed by atoms with Crippen LogP contribution in [0.2, 0.25) is 0 Å². The molecule has 0 aromatic carbocycles. The normalized spacial score (nSPS) is 34.2. The number of nitrogens with zero attached hydrogens (tertiary/aromatic N) is 1. The van der Waals surface area contributed by atoms with Gasteiger partial charge in [-0.25, -0.2) is 12.7 Å². The SMILES string of the molecule is NCCCS(=O)(=O)N1CCC2(O)CCCCC2C1. The Bertz CT molecular complexity index is 385. The zero-order chi connectivity index (χ0) is 13.2. The number of hydrogen-bond acceptors (Lipinski definition) is 4. The van der Waals surface area contributed by atoms with Crippen molar-refractivity contribution in [3.63, 3.8) is 0 Å². The molecule has 0 spiro atoms. The van der Waals surface area contributed by atoms with Gasteiger partial charge in [0.2, 0.25) is 10.0 Å². The maximum absolute atomic E-state index is 12.1. The van der Waals surface area contributed by atoms with Crippen molar-refractivity contribution >= 4 is 10.0 Å². The molecular weight excluding hydrogens is 252 g/mol. The number of rotatable bonds is 4. The smallest absolute Gasteiger partial charge is 0.214 e. The molecule has 0 aromatic rings. The molecule has 2 atom stereocenters. The van der Waals surface area contributed by atoms with Gasteiger partial charge in [-0.2, -0.15) is 0 Å². The molecule has 6 heteroatoms. The fourth-order valence-corrected chi connectivity index (χ4v) is 4.75. The number of piperidine rings is 1. The third kappa shape index (κ3) is 2.87. The molecule has 0 bridgehead atoms. The predicted octanol–water partition coefficient (Wildman–Crippen LogP) is 0.292. The summed E-state index contributed by atoms with van der Waals surface area (Å²) < 4.78 is 25.8. The molecule has 0 aromatic heterocycles. The molecular formula is C12H24N2O3S. The molecule has 1 saturated heterocycles. The molecule has 1 heterocycles. The molecule has 2 unspecified atom stereocenters. The van der Waals surface area contributed by atoms with Crippen LogP contribution in [0.4, 0.5) is 0 Å². The highest BCUT2D eigenvalue weighted by Crippen LogP contribution is 2.40. The predicted molar refractivity (Wildman–Crippen MR) is 70.6 cm³/mol. The molecule has 2 fully saturated rings. The number of hydrogen-bond donors (Lipinski definition) is 2. The lowest BCUT2D eigenvalue weighted by Crippen LogP contribution is -2.54. The molecule has 3 N–H and O–H groups in total. The highest BCUT2D eigenvalue weighted by Gasteiger charge is 2.44. The van der Waals surface area contributed by atoms with Gasteiger partial charge < -0.3 is 10.8 Å². The fourth-order valence-electron chi connectivity index (χ4n) is 3.19. The van der Waals surface area contributed by atoms with E-state index in [4.69, 9.17) is 5.73 Å². The lowest BCUT2D eigenvalue weighted by Gasteiger charge is -2.46. The number of sulfonamides is 1. The van der Waals surface area contributed by atoms with Crippen LogP contribution in [-0.2, 0) is 10.0 Å². The Morgan fingerprint density at radius 1 is 1.33 bits per heavy atom. The van der Waals surface area contributed by atoms with Gasteiger partial charge in [0.05, 0.1) is 11.4 Å². The maximum Gasteiger partial charge on any atom is 0.214 e. The highest BCUT2D eigenvalue weighted by molar-refractivity contribution is 7.89. The zero-order valence-corrected chi connectivity index (χ0v) is 11.7. The van der Waals surface area contributed by atoms with Crippen molar-refractivity contribution < 1.29 is 13.5 Å². The molecule has 1 aliphatic carbocycles. The third-order valence-electron chi connectivity index (χ3n) is 4.39. The van der Waals surface area contributed by atoms with Gasteiger partial charge in [-0.1, -0.05) is 12.8 Å². The largest absolute Gasteiger partial charge is 0.390 e. The number of fused-ring (bicyclic) bond motifs is 1. The van der Waals surface area contributed by atoms with E-state index in [0.29, 0.717) is 32.5 Å². The van der Waals surface area contributed by atoms with E-state index in [9.17, 15) is 13.5 Å². The van der Waals surface area contributed by atoms with Gasteiger partial charge in [0.25, 0.3) is 0 Å². The van der Waals surface area contributed by atoms with Crippen molar-refractivity contribution in [1.82, 2.24) is 4.31 Å². The minimum Gasteiger partial charge on any atom is -0.390 e. The quantitative estimate of drug-likeness (QED) is 0.773. The average Bonchev–Trinajstić information content (AvgIpc) is 2.35. The first-order valence-electron chi connectivity index (χ1n) is 6.88. The summed E-state index contributed by atoms with van der Waals surface area (Å²) in [6.45, 7) is 1.35. The minimum atomic E-state index is -3.18. The van der Waals surface area contributed by atoms with Crippen LogP contribution < -0.4 is 5.73 Å². The van der Waals surface area contributed by atoms with Crippen LogP contribution in [-0.4, -0.2) is 48.8 Å². The van der Waals surface area contributed by atoms with Crippen molar-refractivity contribution in [2.45, 2.75) is 44.1 Å². The third-order valence-corrected chi connectivity index (χ3v) is 6.31. The van der Waals surface area contributed by atoms with E-state index in [1.165, 1.54) is 0 Å². The van der Waals surface area contributed by atoms with Gasteiger partial charge in [0.1, 0.15) is 0 Å². The van der Waals surface area contributed by atoms with E-state index in [0.717, 1.165) is 25.7 Å². The van der Waals surface area contributed by atoms with E-state index < -0.39 is 15.6 Å². The Morgan fingerprint density at radius 3 is 2.83 bits per heavy atom. The van der Waals surface area contributed by atoms with Crippen molar-refractivity contribution in [2.75, 3.05) is 25.4 Å². The molecule has 2 rings (SSSR count). The number of nitrogens with two attached hydrogens (primary N) is 1. The lowest BCUT2D eigenvalue weighted by molar-refractivity contribution is -0.0816. The monoisotopic (exact) mass is 276 g/mol. The summed E-state index contributed by atoms with van der Waals surface area (Å²) in [6.07, 6.45) is 5.03. The highest BCUT2D eigenvalue weighted by atomic mass is 32.2. The summed E-state index contributed by atoms with van der Waals surface area (Å²) in [5, 5.41) is 10.5. The van der Waals surface area contributed by atoms with E-state index in [1.54, 1.807) is 4.31 Å². The van der Waals surface area contributed by atoms with E-state index >= 15 is 0 Å². The molecule has 2 aliphatic rings. The van der Waals surface area contributed by atoms with Gasteiger partial charge >= 0.3 is 0 Å². The summed E-state index contributed by atoms with van der Waals surface area (Å²) in [7, 11) is -3.18. The fraction of sp³-hybridized carbons (Fsp3) is 1.00. The molecule has 0 amide bonds. The summed E-state index contributed by atoms with van der Waals surface area (Å²) >= 11 is 0. The molecule has 5 nitrogen and oxygen atoms in total. The van der Waals surface area contributed by atoms with Crippen LogP contribution >= 0.6 is 0 Å². The summed E-state index contributed by atoms with van der Waals surface area (Å²) in [4.78, 5) is 0. The van der Waals surface area contributed by atoms with Gasteiger partial charge in [0, 0.05) is 19.0 Å². The molecule has 1 aliphatic heterocycles. The first-order valence-corrected chi connectivity index (χ1v) is 8.49. The summed E-state index contributed by atoms with van der Waals surface area (Å²) in [5.74, 6) is 0.252. The second-order valence-electron chi connectivity index (χ2n) is 5.61. The van der Waals surface area contributed by atoms with Crippen LogP contribution in [0.1, 0.15) is 38.5 Å². The van der Waals surface area contributed by atoms with Gasteiger partial charge in [0.15, 0.2) is 0 Å². The van der Waals surface area contributed by atoms with E-state index in [-0.39, 0.29) is 11.7 Å². The Morgan fingerprint density at radius 2 is 2.11 bits per heavy atom. The van der Waals surface area contributed by atoms with Crippen LogP contribution in [0, 0.1) is 5.92 Å². The van der Waals surface area contributed by atoms with E-state index in [2.05, 4.69) is 0 Å². The molecule has 1 saturated carbocycles. The topological polar surface area (TPSA) is 83.6 Å². The Labute approximate surface area is 109 Å². The first-order chi connectivity index (χ1) is 8.48.